The van der Waals surface area contributed by atoms with Gasteiger partial charge in [0.1, 0.15) is 0 Å². The average Bonchev–Trinajstić information content (AvgIpc) is 1.46. The van der Waals surface area contributed by atoms with Crippen molar-refractivity contribution in [2.24, 2.45) is 16.5 Å². The minimum atomic E-state index is -0.959. The third-order valence-electron chi connectivity index (χ3n) is 17.3. The van der Waals surface area contributed by atoms with Gasteiger partial charge in [-0.05, 0) is 226 Å². The average molecular weight is 1750 g/mol. The highest BCUT2D eigenvalue weighted by molar-refractivity contribution is 7.99. The molecule has 2 aliphatic heterocycles. The summed E-state index contributed by atoms with van der Waals surface area (Å²) in [5.74, 6) is 4.10. The van der Waals surface area contributed by atoms with E-state index < -0.39 is 5.97 Å². The summed E-state index contributed by atoms with van der Waals surface area (Å²) < 4.78 is 14.8. The van der Waals surface area contributed by atoms with Gasteiger partial charge in [0.25, 0.3) is 17.7 Å². The number of carboxylic acid groups (broad SMARTS) is 1. The van der Waals surface area contributed by atoms with Crippen molar-refractivity contribution in [1.82, 2.24) is 44.9 Å². The quantitative estimate of drug-likeness (QED) is 0.00274. The lowest BCUT2D eigenvalue weighted by Crippen LogP contribution is -2.50. The number of guanidine groups is 1. The number of ether oxygens (including phenoxy) is 1. The van der Waals surface area contributed by atoms with Gasteiger partial charge in [-0.15, -0.1) is 47.7 Å². The number of carboxylic acids is 1. The van der Waals surface area contributed by atoms with Crippen molar-refractivity contribution in [1.29, 1.82) is 0 Å². The van der Waals surface area contributed by atoms with E-state index in [1.807, 2.05) is 91.8 Å². The van der Waals surface area contributed by atoms with Gasteiger partial charge < -0.3 is 86.5 Å². The smallest absolute Gasteiger partial charge is 0.337 e. The number of methoxy groups -OCH3 is 1. The molecule has 6 heterocycles. The van der Waals surface area contributed by atoms with Gasteiger partial charge in [0.15, 0.2) is 23.3 Å². The number of aliphatic hydroxyl groups excluding tert-OH is 3. The Kier molecular flexibility index (Phi) is 47.5. The molecule has 2 aliphatic rings. The molecule has 3 amide bonds. The van der Waals surface area contributed by atoms with Gasteiger partial charge in [-0.25, -0.2) is 34.5 Å². The summed E-state index contributed by atoms with van der Waals surface area (Å²) >= 11 is 9.30. The van der Waals surface area contributed by atoms with E-state index >= 15 is 0 Å². The molecule has 2 saturated heterocycles. The van der Waals surface area contributed by atoms with Gasteiger partial charge in [0.05, 0.1) is 47.8 Å². The Bertz CT molecular complexity index is 4700. The molecule has 2 fully saturated rings. The summed E-state index contributed by atoms with van der Waals surface area (Å²) in [5, 5.41) is 44.9. The standard InChI is InChI=1S/C30H31N5O4S.C21H21N3O3S.C15H21NO2S.C9H11N3O2.C9H12N2O2.C4H10S.ClH.H2O/c36-19-1-2-21-40-25-11-7-22(8-12-25)26-13-14-31-30(33-26)32-24-9-5-23(6-10-24)28(37)34-15-17-35(18-16-34)29(38)27-4-3-20-39-27;25-13-1-2-14-28-18-9-5-15(6-10-18)19-11-12-22-21(24-19)23-17-7-3-16(4-8-17)20(26)27;1-16(2)10-9-15(18)13-5-7-14(8-6-13)19-12-4-3-11-17;1-14-8(13)6-2-4-7(5-3-6)12-9(10)11;12-9(8-2-1-7-13-8)11-5-3-10-4-6-11;1-2-3-4-5;;/h3-14,20,36H,1-2,15-19,21H2,(H,31,32,33);3-12,25H,1-2,13-14H2,(H,26,27)(H,22,23,24);5-10,17H,3-4,11-12H2,1-2H3;2-5H,1H3,(H4,10,11,12);1-2,7,10H,3-6H2;5H,2-4H2,1H3;1H;1H2/b;;10-9+;;;;;. The predicted molar refractivity (Wildman–Crippen MR) is 487 cm³/mol. The van der Waals surface area contributed by atoms with Crippen molar-refractivity contribution in [3.05, 3.63) is 253 Å². The fraction of sp³-hybridized carbons (Fsp3) is 0.307. The van der Waals surface area contributed by atoms with E-state index in [0.717, 1.165) is 127 Å². The van der Waals surface area contributed by atoms with Gasteiger partial charge in [-0.1, -0.05) is 37.6 Å². The first-order valence-corrected chi connectivity index (χ1v) is 42.5. The largest absolute Gasteiger partial charge is 0.478 e. The van der Waals surface area contributed by atoms with Crippen LogP contribution in [0.2, 0.25) is 0 Å². The number of aliphatic hydroxyl groups is 3. The molecule has 12 rings (SSSR count). The minimum absolute atomic E-state index is 0. The number of hydrogen-bond acceptors (Lipinski definition) is 25. The molecule has 0 bridgehead atoms. The Hall–Kier alpha value is -11.0. The number of aromatic carboxylic acids is 1. The zero-order chi connectivity index (χ0) is 85.4. The van der Waals surface area contributed by atoms with Crippen LogP contribution in [-0.2, 0) is 4.74 Å². The molecule has 13 N–H and O–H groups in total. The molecule has 10 aromatic rings. The number of rotatable bonds is 32. The number of aromatic nitrogens is 4. The first-order chi connectivity index (χ1) is 57.8. The predicted octanol–water partition coefficient (Wildman–Crippen LogP) is 14.2. The lowest BCUT2D eigenvalue weighted by atomic mass is 10.1. The highest BCUT2D eigenvalue weighted by Crippen LogP contribution is 2.29. The summed E-state index contributed by atoms with van der Waals surface area (Å²) in [7, 11) is 5.10. The summed E-state index contributed by atoms with van der Waals surface area (Å²) in [6.45, 7) is 8.02. The molecule has 0 saturated carbocycles. The Balaban J connectivity index is 0.000000281. The van der Waals surface area contributed by atoms with E-state index in [2.05, 4.69) is 89.4 Å². The molecule has 0 spiro atoms. The number of esters is 1. The SMILES string of the molecule is CCCCS.CN(C)/C=C/C(=O)c1ccc(SCCCCO)cc1.COC(=O)c1ccc(N=C(N)N)cc1.Cl.O.O=C(O)c1ccc(Nc2nccc(-c3ccc(SCCCCO)cc3)n2)cc1.O=C(c1ccc(Nc2nccc(-c3ccc(SCCCCO)cc3)n2)cc1)N1CCN(C(=O)c2ccco2)CC1.O=C(c1ccco1)N1CCNCC1. The molecule has 0 aliphatic carbocycles. The number of nitrogens with zero attached hydrogens (tertiary/aromatic N) is 9. The van der Waals surface area contributed by atoms with Gasteiger partial charge in [-0.2, -0.15) is 12.6 Å². The number of carbonyl (C=O) groups is 6. The number of allylic oxidation sites excluding steroid dienone is 1. The number of aliphatic imine (C=N–C) groups is 1. The van der Waals surface area contributed by atoms with Crippen molar-refractivity contribution in [3.8, 4) is 22.5 Å². The van der Waals surface area contributed by atoms with Crippen LogP contribution in [-0.4, -0.2) is 223 Å². The normalized spacial score (nSPS) is 11.9. The number of carbonyl (C=O) groups excluding carboxylic acids is 5. The summed E-state index contributed by atoms with van der Waals surface area (Å²) in [5.41, 5.74) is 18.0. The second-order valence-corrected chi connectivity index (χ2v) is 30.5. The Morgan fingerprint density at radius 1 is 0.545 bits per heavy atom. The third-order valence-corrected chi connectivity index (χ3v) is 20.9. The second kappa shape index (κ2) is 57.2. The lowest BCUT2D eigenvalue weighted by molar-refractivity contribution is 0.0518. The maximum absolute atomic E-state index is 13.0. The van der Waals surface area contributed by atoms with Crippen LogP contribution in [0.5, 0.6) is 0 Å². The van der Waals surface area contributed by atoms with Crippen LogP contribution in [0.25, 0.3) is 22.5 Å². The fourth-order valence-electron chi connectivity index (χ4n) is 10.9. The number of piperazine rings is 2. The highest BCUT2D eigenvalue weighted by atomic mass is 35.5. The molecular weight excluding hydrogens is 1640 g/mol. The number of thioether (sulfide) groups is 3. The zero-order valence-corrected chi connectivity index (χ0v) is 72.4. The number of ketones is 1. The van der Waals surface area contributed by atoms with Gasteiger partial charge >= 0.3 is 11.9 Å². The van der Waals surface area contributed by atoms with Crippen LogP contribution in [0.1, 0.15) is 121 Å². The van der Waals surface area contributed by atoms with Crippen LogP contribution in [0, 0.1) is 0 Å². The molecule has 4 aromatic heterocycles. The van der Waals surface area contributed by atoms with Gasteiger partial charge in [0, 0.05) is 159 Å². The summed E-state index contributed by atoms with van der Waals surface area (Å²) in [6, 6.07) is 54.7. The topological polar surface area (TPSA) is 415 Å². The number of thiol groups is 1. The molecule has 0 unspecified atom stereocenters. The maximum atomic E-state index is 13.0. The van der Waals surface area contributed by atoms with Crippen molar-refractivity contribution in [2.75, 3.05) is 127 Å². The molecule has 646 valence electrons. The molecule has 28 nitrogen and oxygen atoms in total. The highest BCUT2D eigenvalue weighted by Gasteiger charge is 2.27. The molecule has 121 heavy (non-hydrogen) atoms. The zero-order valence-electron chi connectivity index (χ0n) is 68.3. The van der Waals surface area contributed by atoms with Crippen LogP contribution in [0.3, 0.4) is 0 Å². The number of hydrogen-bond donors (Lipinski definition) is 10. The Morgan fingerprint density at radius 2 is 0.950 bits per heavy atom. The van der Waals surface area contributed by atoms with Gasteiger partial charge in [-0.3, -0.25) is 19.2 Å². The van der Waals surface area contributed by atoms with Crippen molar-refractivity contribution in [3.63, 3.8) is 0 Å². The van der Waals surface area contributed by atoms with E-state index in [9.17, 15) is 28.8 Å². The number of nitrogens with one attached hydrogen (secondary N) is 3. The van der Waals surface area contributed by atoms with E-state index in [-0.39, 0.29) is 78.7 Å². The Morgan fingerprint density at radius 3 is 1.32 bits per heavy atom. The first-order valence-electron chi connectivity index (χ1n) is 38.9. The number of halogens is 1. The van der Waals surface area contributed by atoms with E-state index in [4.69, 9.17) is 40.7 Å². The van der Waals surface area contributed by atoms with Crippen molar-refractivity contribution < 1.29 is 68.2 Å². The molecule has 33 heteroatoms. The summed E-state index contributed by atoms with van der Waals surface area (Å²) in [4.78, 5) is 103. The molecule has 0 radical (unpaired) electrons. The van der Waals surface area contributed by atoms with Crippen molar-refractivity contribution >= 4 is 131 Å². The monoisotopic (exact) mass is 1750 g/mol. The third kappa shape index (κ3) is 36.8. The molecule has 6 aromatic carbocycles. The van der Waals surface area contributed by atoms with E-state index in [1.165, 1.54) is 54.4 Å². The van der Waals surface area contributed by atoms with E-state index in [1.54, 1.807) is 147 Å². The molecule has 0 atom stereocenters. The molecular formula is C88H109ClN14O14S4. The number of furan rings is 2. The maximum Gasteiger partial charge on any atom is 0.337 e. The van der Waals surface area contributed by atoms with E-state index in [0.29, 0.717) is 72.0 Å². The lowest BCUT2D eigenvalue weighted by Gasteiger charge is -2.34. The fourth-order valence-corrected chi connectivity index (χ4v) is 13.9. The van der Waals surface area contributed by atoms with Crippen LogP contribution >= 0.6 is 60.3 Å². The van der Waals surface area contributed by atoms with Crippen LogP contribution < -0.4 is 27.4 Å². The number of nitrogens with two attached hydrogens (primary N) is 2. The van der Waals surface area contributed by atoms with Crippen LogP contribution in [0.15, 0.2) is 248 Å². The number of unbranched alkanes of at least 4 members (excludes halogenated alkanes) is 4. The number of amides is 3. The Labute approximate surface area is 731 Å². The summed E-state index contributed by atoms with van der Waals surface area (Å²) in [6.07, 6.45) is 17.8. The number of benzene rings is 6. The first kappa shape index (κ1) is 101. The second-order valence-electron chi connectivity index (χ2n) is 26.5. The number of anilines is 4. The van der Waals surface area contributed by atoms with Crippen LogP contribution in [0.4, 0.5) is 29.0 Å². The van der Waals surface area contributed by atoms with Gasteiger partial charge in [0.2, 0.25) is 11.9 Å². The minimum Gasteiger partial charge on any atom is -0.478 e. The van der Waals surface area contributed by atoms with Crippen molar-refractivity contribution in [2.45, 2.75) is 73.0 Å².